The third-order valence-corrected chi connectivity index (χ3v) is 10.4. The summed E-state index contributed by atoms with van der Waals surface area (Å²) in [6, 6.07) is 9.03. The zero-order chi connectivity index (χ0) is 39.4. The number of carbonyl (C=O) groups excluding carboxylic acids is 4. The van der Waals surface area contributed by atoms with Crippen molar-refractivity contribution in [3.8, 4) is 16.2 Å². The van der Waals surface area contributed by atoms with Crippen LogP contribution in [0.2, 0.25) is 0 Å². The van der Waals surface area contributed by atoms with Crippen LogP contribution >= 0.6 is 11.3 Å². The van der Waals surface area contributed by atoms with E-state index in [0.29, 0.717) is 37.7 Å². The van der Waals surface area contributed by atoms with Gasteiger partial charge in [0, 0.05) is 51.4 Å². The number of likely N-dealkylation sites (tertiary alicyclic amines) is 1. The third-order valence-electron chi connectivity index (χ3n) is 9.40. The fourth-order valence-electron chi connectivity index (χ4n) is 6.47. The van der Waals surface area contributed by atoms with E-state index in [0.717, 1.165) is 21.7 Å². The molecule has 0 radical (unpaired) electrons. The van der Waals surface area contributed by atoms with Crippen LogP contribution in [0.4, 0.5) is 10.6 Å². The number of anilines is 1. The van der Waals surface area contributed by atoms with E-state index in [2.05, 4.69) is 20.6 Å². The molecule has 0 unspecified atom stereocenters. The standard InChI is InChI=1S/C39H53N7O7S/c1-24(26-9-11-27(12-10-26)33-25(2)41-23-54-33)42-35(49)30-19-28(47)21-46(30)36(50)34(38(3,4)5)43-32(48)22-52-29-13-14-40-31(20-29)44-15-17-45(18-16-44)37(51)53-39(6,7)8/h9-14,20,23-24,28,30,34,47H,15-19,21-22H2,1-8H3,(H,42,49)(H,43,48)/t24-,28+,30-,34+/m0/s1. The van der Waals surface area contributed by atoms with Gasteiger partial charge in [0.1, 0.15) is 29.3 Å². The summed E-state index contributed by atoms with van der Waals surface area (Å²) in [5.74, 6) is -0.282. The summed E-state index contributed by atoms with van der Waals surface area (Å²) in [6.45, 7) is 16.5. The number of ether oxygens (including phenoxy) is 2. The average Bonchev–Trinajstić information content (AvgIpc) is 3.73. The molecule has 292 valence electrons. The Hall–Kier alpha value is -4.76. The number of aromatic nitrogens is 2. The molecule has 15 heteroatoms. The molecule has 1 aromatic carbocycles. The Morgan fingerprint density at radius 3 is 2.28 bits per heavy atom. The van der Waals surface area contributed by atoms with Crippen molar-refractivity contribution in [1.82, 2.24) is 30.4 Å². The van der Waals surface area contributed by atoms with Gasteiger partial charge in [0.25, 0.3) is 5.91 Å². The number of hydrogen-bond donors (Lipinski definition) is 3. The van der Waals surface area contributed by atoms with Gasteiger partial charge in [-0.2, -0.15) is 0 Å². The van der Waals surface area contributed by atoms with Gasteiger partial charge in [-0.1, -0.05) is 45.0 Å². The lowest BCUT2D eigenvalue weighted by atomic mass is 9.85. The van der Waals surface area contributed by atoms with E-state index >= 15 is 0 Å². The summed E-state index contributed by atoms with van der Waals surface area (Å²) in [5, 5.41) is 16.5. The first-order chi connectivity index (χ1) is 25.4. The Morgan fingerprint density at radius 1 is 0.981 bits per heavy atom. The monoisotopic (exact) mass is 763 g/mol. The first kappa shape index (κ1) is 40.4. The Bertz CT molecular complexity index is 1800. The van der Waals surface area contributed by atoms with Gasteiger partial charge in [-0.3, -0.25) is 14.4 Å². The molecule has 14 nitrogen and oxygen atoms in total. The summed E-state index contributed by atoms with van der Waals surface area (Å²) in [6.07, 6.45) is 0.443. The molecule has 5 rings (SSSR count). The van der Waals surface area contributed by atoms with Crippen LogP contribution < -0.4 is 20.3 Å². The number of piperazine rings is 1. The molecule has 4 heterocycles. The zero-order valence-corrected chi connectivity index (χ0v) is 33.2. The minimum atomic E-state index is -0.997. The van der Waals surface area contributed by atoms with Crippen LogP contribution in [0.25, 0.3) is 10.4 Å². The highest BCUT2D eigenvalue weighted by atomic mass is 32.1. The number of aliphatic hydroxyl groups is 1. The maximum absolute atomic E-state index is 14.1. The molecular formula is C39H53N7O7S. The van der Waals surface area contributed by atoms with Crippen LogP contribution in [0.1, 0.15) is 72.2 Å². The SMILES string of the molecule is Cc1ncsc1-c1ccc([C@H](C)NC(=O)[C@@H]2C[C@@H](O)CN2C(=O)[C@@H](NC(=O)COc2ccnc(N3CCN(C(=O)OC(C)(C)C)CC3)c2)C(C)(C)C)cc1. The molecule has 3 aromatic rings. The average molecular weight is 764 g/mol. The maximum Gasteiger partial charge on any atom is 0.410 e. The van der Waals surface area contributed by atoms with E-state index in [9.17, 15) is 24.3 Å². The number of nitrogens with zero attached hydrogens (tertiary/aromatic N) is 5. The van der Waals surface area contributed by atoms with Crippen LogP contribution in [0.15, 0.2) is 48.1 Å². The molecule has 0 spiro atoms. The van der Waals surface area contributed by atoms with Crippen LogP contribution in [0.5, 0.6) is 5.75 Å². The quantitative estimate of drug-likeness (QED) is 0.271. The largest absolute Gasteiger partial charge is 0.484 e. The summed E-state index contributed by atoms with van der Waals surface area (Å²) in [4.78, 5) is 68.4. The third kappa shape index (κ3) is 10.3. The predicted octanol–water partition coefficient (Wildman–Crippen LogP) is 4.32. The highest BCUT2D eigenvalue weighted by Crippen LogP contribution is 2.30. The van der Waals surface area contributed by atoms with Crippen molar-refractivity contribution >= 4 is 41.0 Å². The van der Waals surface area contributed by atoms with Gasteiger partial charge in [0.15, 0.2) is 6.61 Å². The smallest absolute Gasteiger partial charge is 0.410 e. The molecule has 3 N–H and O–H groups in total. The number of aryl methyl sites for hydroxylation is 1. The summed E-state index contributed by atoms with van der Waals surface area (Å²) < 4.78 is 11.3. The molecule has 2 aliphatic heterocycles. The molecule has 2 saturated heterocycles. The van der Waals surface area contributed by atoms with Gasteiger partial charge < -0.3 is 39.9 Å². The molecule has 4 atom stereocenters. The molecular weight excluding hydrogens is 711 g/mol. The predicted molar refractivity (Wildman–Crippen MR) is 206 cm³/mol. The molecule has 2 aliphatic rings. The Kier molecular flexibility index (Phi) is 12.5. The summed E-state index contributed by atoms with van der Waals surface area (Å²) in [5.41, 5.74) is 3.42. The van der Waals surface area contributed by atoms with Crippen molar-refractivity contribution < 1.29 is 33.8 Å². The number of nitrogens with one attached hydrogen (secondary N) is 2. The summed E-state index contributed by atoms with van der Waals surface area (Å²) in [7, 11) is 0. The van der Waals surface area contributed by atoms with Crippen LogP contribution in [-0.2, 0) is 19.1 Å². The lowest BCUT2D eigenvalue weighted by Gasteiger charge is -2.36. The number of pyridine rings is 1. The number of benzene rings is 1. The maximum atomic E-state index is 14.1. The number of hydrogen-bond acceptors (Lipinski definition) is 11. The van der Waals surface area contributed by atoms with Gasteiger partial charge >= 0.3 is 6.09 Å². The number of carbonyl (C=O) groups is 4. The minimum absolute atomic E-state index is 0.0288. The van der Waals surface area contributed by atoms with E-state index in [-0.39, 0.29) is 37.6 Å². The van der Waals surface area contributed by atoms with Crippen molar-refractivity contribution in [3.63, 3.8) is 0 Å². The second kappa shape index (κ2) is 16.7. The van der Waals surface area contributed by atoms with E-state index < -0.39 is 41.0 Å². The highest BCUT2D eigenvalue weighted by molar-refractivity contribution is 7.13. The molecule has 4 amide bonds. The number of aliphatic hydroxyl groups excluding tert-OH is 1. The molecule has 0 aliphatic carbocycles. The Labute approximate surface area is 321 Å². The topological polar surface area (TPSA) is 167 Å². The van der Waals surface area contributed by atoms with Crippen LogP contribution in [-0.4, -0.2) is 112 Å². The van der Waals surface area contributed by atoms with E-state index in [1.807, 2.05) is 90.1 Å². The number of rotatable bonds is 10. The fourth-order valence-corrected chi connectivity index (χ4v) is 7.29. The molecule has 0 saturated carbocycles. The van der Waals surface area contributed by atoms with E-state index in [1.54, 1.807) is 34.6 Å². The van der Waals surface area contributed by atoms with E-state index in [1.165, 1.54) is 4.90 Å². The Balaban J connectivity index is 1.17. The number of amides is 4. The first-order valence-corrected chi connectivity index (χ1v) is 19.2. The lowest BCUT2D eigenvalue weighted by molar-refractivity contribution is -0.144. The van der Waals surface area contributed by atoms with Gasteiger partial charge in [-0.05, 0) is 57.2 Å². The minimum Gasteiger partial charge on any atom is -0.484 e. The Morgan fingerprint density at radius 2 is 1.67 bits per heavy atom. The second-order valence-electron chi connectivity index (χ2n) is 16.0. The van der Waals surface area contributed by atoms with Gasteiger partial charge in [-0.15, -0.1) is 11.3 Å². The lowest BCUT2D eigenvalue weighted by Crippen LogP contribution is -2.58. The van der Waals surface area contributed by atoms with Crippen molar-refractivity contribution in [2.45, 2.75) is 91.6 Å². The molecule has 2 aromatic heterocycles. The highest BCUT2D eigenvalue weighted by Gasteiger charge is 2.44. The molecule has 2 fully saturated rings. The van der Waals surface area contributed by atoms with Gasteiger partial charge in [-0.25, -0.2) is 14.8 Å². The van der Waals surface area contributed by atoms with E-state index in [4.69, 9.17) is 9.47 Å². The zero-order valence-electron chi connectivity index (χ0n) is 32.4. The molecule has 0 bridgehead atoms. The van der Waals surface area contributed by atoms with Crippen molar-refractivity contribution in [2.24, 2.45) is 5.41 Å². The van der Waals surface area contributed by atoms with Crippen LogP contribution in [0, 0.1) is 12.3 Å². The summed E-state index contributed by atoms with van der Waals surface area (Å²) >= 11 is 1.57. The van der Waals surface area contributed by atoms with Gasteiger partial charge in [0.2, 0.25) is 11.8 Å². The van der Waals surface area contributed by atoms with Crippen molar-refractivity contribution in [3.05, 3.63) is 59.4 Å². The van der Waals surface area contributed by atoms with Crippen LogP contribution in [0.3, 0.4) is 0 Å². The van der Waals surface area contributed by atoms with Gasteiger partial charge in [0.05, 0.1) is 28.2 Å². The fraction of sp³-hybridized carbons (Fsp3) is 0.538. The first-order valence-electron chi connectivity index (χ1n) is 18.3. The van der Waals surface area contributed by atoms with Crippen molar-refractivity contribution in [1.29, 1.82) is 0 Å². The normalized spacial score (nSPS) is 18.9. The number of thiazole rings is 1. The second-order valence-corrected chi connectivity index (χ2v) is 16.8. The number of β-amino-alcohol motifs (C(OH)–C–C–N with tert-alkyl or cyclic N) is 1. The molecule has 54 heavy (non-hydrogen) atoms. The van der Waals surface area contributed by atoms with Crippen molar-refractivity contribution in [2.75, 3.05) is 44.2 Å².